The van der Waals surface area contributed by atoms with Gasteiger partial charge in [0.1, 0.15) is 23.9 Å². The summed E-state index contributed by atoms with van der Waals surface area (Å²) in [5, 5.41) is 17.2. The molecule has 2 aromatic heterocycles. The average Bonchev–Trinajstić information content (AvgIpc) is 3.44. The van der Waals surface area contributed by atoms with E-state index in [4.69, 9.17) is 18.9 Å². The van der Waals surface area contributed by atoms with Gasteiger partial charge in [-0.2, -0.15) is 4.98 Å². The molecule has 1 amide bonds. The third-order valence-corrected chi connectivity index (χ3v) is 9.39. The minimum atomic E-state index is -0.722. The molecule has 3 aliphatic rings. The fourth-order valence-electron chi connectivity index (χ4n) is 6.35. The van der Waals surface area contributed by atoms with Gasteiger partial charge in [-0.3, -0.25) is 9.69 Å². The molecule has 0 saturated carbocycles. The van der Waals surface area contributed by atoms with E-state index in [-0.39, 0.29) is 23.9 Å². The molecule has 2 saturated heterocycles. The van der Waals surface area contributed by atoms with Crippen LogP contribution in [0.4, 0.5) is 11.8 Å². The van der Waals surface area contributed by atoms with Gasteiger partial charge in [0.25, 0.3) is 5.91 Å². The number of β-amino-alcohol motifs (C(OH)–C–C–N with tert-alkyl or cyclic N) is 1. The molecule has 1 aromatic carbocycles. The Morgan fingerprint density at radius 2 is 1.93 bits per heavy atom. The van der Waals surface area contributed by atoms with Crippen LogP contribution >= 0.6 is 0 Å². The quantitative estimate of drug-likeness (QED) is 0.286. The second kappa shape index (κ2) is 13.9. The number of aryl methyl sites for hydroxylation is 1. The molecule has 0 unspecified atom stereocenters. The number of aromatic nitrogens is 3. The van der Waals surface area contributed by atoms with Gasteiger partial charge in [-0.1, -0.05) is 26.8 Å². The van der Waals surface area contributed by atoms with Crippen LogP contribution in [0, 0.1) is 18.3 Å². The smallest absolute Gasteiger partial charge is 0.270 e. The number of hydrogen-bond donors (Lipinski definition) is 3. The molecule has 0 radical (unpaired) electrons. The van der Waals surface area contributed by atoms with E-state index in [0.29, 0.717) is 49.7 Å². The second-order valence-corrected chi connectivity index (χ2v) is 13.9. The number of rotatable bonds is 11. The van der Waals surface area contributed by atoms with Crippen molar-refractivity contribution in [1.82, 2.24) is 25.2 Å². The summed E-state index contributed by atoms with van der Waals surface area (Å²) < 4.78 is 16.6. The molecule has 1 atom stereocenters. The average molecular weight is 634 g/mol. The van der Waals surface area contributed by atoms with Crippen molar-refractivity contribution in [2.24, 2.45) is 11.3 Å². The van der Waals surface area contributed by atoms with Crippen LogP contribution in [0.2, 0.25) is 0 Å². The number of piperidine rings is 1. The summed E-state index contributed by atoms with van der Waals surface area (Å²) in [5.41, 5.74) is 3.84. The Morgan fingerprint density at radius 1 is 1.13 bits per heavy atom. The third-order valence-electron chi connectivity index (χ3n) is 9.39. The van der Waals surface area contributed by atoms with E-state index in [1.54, 1.807) is 6.07 Å². The number of aliphatic hydroxyl groups excluding tert-OH is 1. The second-order valence-electron chi connectivity index (χ2n) is 13.9. The number of carbonyl (C=O) groups excluding carboxylic acids is 1. The van der Waals surface area contributed by atoms with Gasteiger partial charge in [-0.15, -0.1) is 0 Å². The lowest BCUT2D eigenvalue weighted by Crippen LogP contribution is -2.43. The van der Waals surface area contributed by atoms with Crippen molar-refractivity contribution in [2.45, 2.75) is 72.3 Å². The molecule has 12 nitrogen and oxygen atoms in total. The highest BCUT2D eigenvalue weighted by Gasteiger charge is 2.30. The lowest BCUT2D eigenvalue weighted by Gasteiger charge is -2.39. The standard InChI is InChI=1S/C34H47N7O5/c1-22-30(46-21-36-22)20-45-28-6-5-24-16-40(10-7-23(24)13-28)17-27(42)15-35-32(43)29-14-31(37-26-18-44-19-26)39-33(38-29)41-11-8-25(9-12-41)34(2,3)4/h5-6,13-14,21,25-27,42H,7-12,15-20H2,1-4H3,(H,35,43)(H,37,38,39)/t27-/m0/s1. The molecule has 2 fully saturated rings. The van der Waals surface area contributed by atoms with Crippen LogP contribution in [0.1, 0.15) is 66.7 Å². The highest BCUT2D eigenvalue weighted by atomic mass is 16.5. The number of nitrogens with zero attached hydrogens (tertiary/aromatic N) is 5. The summed E-state index contributed by atoms with van der Waals surface area (Å²) in [4.78, 5) is 31.2. The van der Waals surface area contributed by atoms with Crippen molar-refractivity contribution in [2.75, 3.05) is 56.2 Å². The Hall–Kier alpha value is -3.74. The van der Waals surface area contributed by atoms with Crippen molar-refractivity contribution in [3.63, 3.8) is 0 Å². The highest BCUT2D eigenvalue weighted by Crippen LogP contribution is 2.35. The number of anilines is 2. The fraction of sp³-hybridized carbons (Fsp3) is 0.588. The molecule has 248 valence electrons. The van der Waals surface area contributed by atoms with Gasteiger partial charge in [-0.05, 0) is 60.8 Å². The first-order chi connectivity index (χ1) is 22.1. The van der Waals surface area contributed by atoms with E-state index in [1.807, 2.05) is 13.0 Å². The van der Waals surface area contributed by atoms with Crippen LogP contribution in [-0.4, -0.2) is 88.9 Å². The van der Waals surface area contributed by atoms with Crippen LogP contribution < -0.4 is 20.3 Å². The van der Waals surface area contributed by atoms with E-state index in [9.17, 15) is 9.90 Å². The van der Waals surface area contributed by atoms with Crippen molar-refractivity contribution >= 4 is 17.7 Å². The molecule has 3 aliphatic heterocycles. The zero-order valence-electron chi connectivity index (χ0n) is 27.4. The molecule has 46 heavy (non-hydrogen) atoms. The maximum Gasteiger partial charge on any atom is 0.270 e. The Kier molecular flexibility index (Phi) is 9.76. The van der Waals surface area contributed by atoms with Crippen molar-refractivity contribution in [1.29, 1.82) is 0 Å². The normalized spacial score (nSPS) is 18.5. The Morgan fingerprint density at radius 3 is 2.63 bits per heavy atom. The summed E-state index contributed by atoms with van der Waals surface area (Å²) >= 11 is 0. The molecule has 6 rings (SSSR count). The molecule has 12 heteroatoms. The van der Waals surface area contributed by atoms with E-state index in [2.05, 4.69) is 63.3 Å². The lowest BCUT2D eigenvalue weighted by atomic mass is 9.75. The fourth-order valence-corrected chi connectivity index (χ4v) is 6.35. The zero-order chi connectivity index (χ0) is 32.3. The first-order valence-corrected chi connectivity index (χ1v) is 16.4. The summed E-state index contributed by atoms with van der Waals surface area (Å²) in [6, 6.07) is 7.99. The first kappa shape index (κ1) is 32.2. The highest BCUT2D eigenvalue weighted by molar-refractivity contribution is 5.93. The summed E-state index contributed by atoms with van der Waals surface area (Å²) in [6.07, 6.45) is 3.69. The maximum absolute atomic E-state index is 13.3. The summed E-state index contributed by atoms with van der Waals surface area (Å²) in [5.74, 6) is 3.03. The monoisotopic (exact) mass is 633 g/mol. The van der Waals surface area contributed by atoms with Gasteiger partial charge >= 0.3 is 0 Å². The first-order valence-electron chi connectivity index (χ1n) is 16.4. The summed E-state index contributed by atoms with van der Waals surface area (Å²) in [6.45, 7) is 14.2. The zero-order valence-corrected chi connectivity index (χ0v) is 27.4. The molecular formula is C34H47N7O5. The largest absolute Gasteiger partial charge is 0.486 e. The van der Waals surface area contributed by atoms with Gasteiger partial charge in [0, 0.05) is 45.3 Å². The number of fused-ring (bicyclic) bond motifs is 1. The van der Waals surface area contributed by atoms with Crippen LogP contribution in [0.3, 0.4) is 0 Å². The topological polar surface area (TPSA) is 138 Å². The van der Waals surface area contributed by atoms with Crippen LogP contribution in [0.5, 0.6) is 5.75 Å². The Balaban J connectivity index is 1.02. The predicted molar refractivity (Wildman–Crippen MR) is 174 cm³/mol. The van der Waals surface area contributed by atoms with Gasteiger partial charge in [0.15, 0.2) is 12.2 Å². The SMILES string of the molecule is Cc1ncoc1COc1ccc2c(c1)CCN(C[C@@H](O)CNC(=O)c1cc(NC3COC3)nc(N3CCC(C(C)(C)C)CC3)n1)C2. The van der Waals surface area contributed by atoms with Crippen LogP contribution in [-0.2, 0) is 24.3 Å². The Labute approximate surface area is 270 Å². The lowest BCUT2D eigenvalue weighted by molar-refractivity contribution is 0.0209. The van der Waals surface area contributed by atoms with E-state index >= 15 is 0 Å². The van der Waals surface area contributed by atoms with Gasteiger partial charge in [0.05, 0.1) is 31.1 Å². The number of hydrogen-bond acceptors (Lipinski definition) is 11. The van der Waals surface area contributed by atoms with Crippen molar-refractivity contribution in [3.8, 4) is 5.75 Å². The number of benzene rings is 1. The van der Waals surface area contributed by atoms with Crippen molar-refractivity contribution < 1.29 is 23.8 Å². The number of ether oxygens (including phenoxy) is 2. The van der Waals surface area contributed by atoms with Crippen LogP contribution in [0.25, 0.3) is 0 Å². The van der Waals surface area contributed by atoms with Crippen molar-refractivity contribution in [3.05, 3.63) is 58.9 Å². The molecule has 3 aromatic rings. The number of nitrogens with one attached hydrogen (secondary N) is 2. The van der Waals surface area contributed by atoms with E-state index in [1.165, 1.54) is 17.5 Å². The molecule has 0 spiro atoms. The maximum atomic E-state index is 13.3. The summed E-state index contributed by atoms with van der Waals surface area (Å²) in [7, 11) is 0. The van der Waals surface area contributed by atoms with Crippen LogP contribution in [0.15, 0.2) is 35.1 Å². The minimum absolute atomic E-state index is 0.131. The number of oxazole rings is 1. The van der Waals surface area contributed by atoms with Gasteiger partial charge in [-0.25, -0.2) is 9.97 Å². The van der Waals surface area contributed by atoms with Gasteiger partial charge in [0.2, 0.25) is 5.95 Å². The molecule has 0 bridgehead atoms. The Bertz CT molecular complexity index is 1490. The number of aliphatic hydroxyl groups is 1. The van der Waals surface area contributed by atoms with E-state index < -0.39 is 6.10 Å². The number of carbonyl (C=O) groups is 1. The van der Waals surface area contributed by atoms with E-state index in [0.717, 1.165) is 62.6 Å². The molecule has 5 heterocycles. The third kappa shape index (κ3) is 7.97. The van der Waals surface area contributed by atoms with Gasteiger partial charge < -0.3 is 34.5 Å². The molecular weight excluding hydrogens is 586 g/mol. The number of amides is 1. The minimum Gasteiger partial charge on any atom is -0.486 e. The predicted octanol–water partition coefficient (Wildman–Crippen LogP) is 3.57. The molecule has 3 N–H and O–H groups in total. The molecule has 0 aliphatic carbocycles.